The predicted octanol–water partition coefficient (Wildman–Crippen LogP) is 6.69. The average molecular weight is 691 g/mol. The highest BCUT2D eigenvalue weighted by molar-refractivity contribution is 7.09. The summed E-state index contributed by atoms with van der Waals surface area (Å²) in [6.45, 7) is 6.57. The van der Waals surface area contributed by atoms with Gasteiger partial charge in [-0.3, -0.25) is 9.78 Å². The molecule has 0 radical (unpaired) electrons. The Morgan fingerprint density at radius 1 is 0.875 bits per heavy atom. The van der Waals surface area contributed by atoms with Crippen LogP contribution in [0.25, 0.3) is 0 Å². The lowest BCUT2D eigenvalue weighted by Gasteiger charge is -2.26. The lowest BCUT2D eigenvalue weighted by molar-refractivity contribution is -0.123. The highest BCUT2D eigenvalue weighted by Gasteiger charge is 2.25. The van der Waals surface area contributed by atoms with Crippen LogP contribution in [-0.4, -0.2) is 58.1 Å². The van der Waals surface area contributed by atoms with Crippen molar-refractivity contribution in [2.75, 3.05) is 7.05 Å². The fraction of sp³-hybridized carbons (Fsp3) is 0.417. The number of hydrogen-bond donors (Lipinski definition) is 3. The largest absolute Gasteiger partial charge is 0.444 e. The van der Waals surface area contributed by atoms with Crippen LogP contribution in [0.5, 0.6) is 0 Å². The first-order valence-corrected chi connectivity index (χ1v) is 18.1. The van der Waals surface area contributed by atoms with E-state index in [0.29, 0.717) is 44.6 Å². The van der Waals surface area contributed by atoms with E-state index in [0.717, 1.165) is 26.7 Å². The number of urea groups is 1. The molecule has 4 rings (SSSR count). The molecule has 0 unspecified atom stereocenters. The van der Waals surface area contributed by atoms with Crippen molar-refractivity contribution in [1.29, 1.82) is 0 Å². The van der Waals surface area contributed by atoms with E-state index in [1.807, 2.05) is 73.0 Å². The molecule has 256 valence electrons. The Bertz CT molecular complexity index is 1550. The molecule has 4 aromatic rings. The maximum Gasteiger partial charge on any atom is 0.407 e. The minimum Gasteiger partial charge on any atom is -0.444 e. The zero-order valence-electron chi connectivity index (χ0n) is 28.1. The Kier molecular flexibility index (Phi) is 14.4. The molecule has 0 aliphatic heterocycles. The van der Waals surface area contributed by atoms with E-state index in [9.17, 15) is 14.4 Å². The molecule has 2 aromatic carbocycles. The lowest BCUT2D eigenvalue weighted by atomic mass is 9.95. The van der Waals surface area contributed by atoms with E-state index in [-0.39, 0.29) is 30.6 Å². The van der Waals surface area contributed by atoms with Crippen molar-refractivity contribution >= 4 is 40.7 Å². The molecular weight excluding hydrogens is 645 g/mol. The molecule has 0 spiro atoms. The van der Waals surface area contributed by atoms with Gasteiger partial charge < -0.3 is 25.6 Å². The van der Waals surface area contributed by atoms with Gasteiger partial charge in [0.25, 0.3) is 0 Å². The van der Waals surface area contributed by atoms with Gasteiger partial charge in [0, 0.05) is 36.6 Å². The van der Waals surface area contributed by atoms with Crippen molar-refractivity contribution in [2.45, 2.75) is 90.1 Å². The SMILES string of the molecule is CC[C@H](NC(=O)N(C)Cc1csc(C(C)C)n1)C(=O)N[C@H](CC[C@H](Cc1ccccc1)NC(=O)OCc1cncs1)Cc1ccccc1. The molecule has 10 nitrogen and oxygen atoms in total. The van der Waals surface area contributed by atoms with Gasteiger partial charge in [-0.2, -0.15) is 0 Å². The first-order chi connectivity index (χ1) is 23.2. The normalized spacial score (nSPS) is 12.9. The smallest absolute Gasteiger partial charge is 0.407 e. The van der Waals surface area contributed by atoms with E-state index in [1.54, 1.807) is 35.0 Å². The molecule has 12 heteroatoms. The van der Waals surface area contributed by atoms with Crippen molar-refractivity contribution in [1.82, 2.24) is 30.8 Å². The summed E-state index contributed by atoms with van der Waals surface area (Å²) in [5.74, 6) is 0.0831. The molecule has 3 atom stereocenters. The fourth-order valence-corrected chi connectivity index (χ4v) is 6.53. The van der Waals surface area contributed by atoms with Crippen molar-refractivity contribution in [3.63, 3.8) is 0 Å². The van der Waals surface area contributed by atoms with Crippen LogP contribution in [-0.2, 0) is 35.5 Å². The highest BCUT2D eigenvalue weighted by Crippen LogP contribution is 2.20. The van der Waals surface area contributed by atoms with Crippen LogP contribution in [0.4, 0.5) is 9.59 Å². The molecule has 0 fully saturated rings. The Hall–Kier alpha value is -4.29. The number of hydrogen-bond acceptors (Lipinski definition) is 8. The van der Waals surface area contributed by atoms with Crippen LogP contribution >= 0.6 is 22.7 Å². The Morgan fingerprint density at radius 3 is 2.04 bits per heavy atom. The lowest BCUT2D eigenvalue weighted by Crippen LogP contribution is -2.52. The van der Waals surface area contributed by atoms with E-state index in [4.69, 9.17) is 4.74 Å². The fourth-order valence-electron chi connectivity index (χ4n) is 5.20. The molecule has 0 saturated carbocycles. The van der Waals surface area contributed by atoms with Crippen LogP contribution < -0.4 is 16.0 Å². The van der Waals surface area contributed by atoms with Gasteiger partial charge in [0.05, 0.1) is 27.6 Å². The molecule has 4 amide bonds. The Morgan fingerprint density at radius 2 is 1.50 bits per heavy atom. The number of carbonyl (C=O) groups is 3. The maximum absolute atomic E-state index is 13.6. The Balaban J connectivity index is 1.40. The summed E-state index contributed by atoms with van der Waals surface area (Å²) in [6, 6.07) is 18.5. The van der Waals surface area contributed by atoms with Gasteiger partial charge in [-0.25, -0.2) is 14.6 Å². The zero-order chi connectivity index (χ0) is 34.3. The second-order valence-electron chi connectivity index (χ2n) is 12.1. The van der Waals surface area contributed by atoms with Crippen LogP contribution in [0.15, 0.2) is 77.8 Å². The minimum atomic E-state index is -0.708. The summed E-state index contributed by atoms with van der Waals surface area (Å²) in [5.41, 5.74) is 4.70. The Labute approximate surface area is 291 Å². The van der Waals surface area contributed by atoms with Crippen LogP contribution in [0, 0.1) is 0 Å². The number of ether oxygens (including phenoxy) is 1. The molecule has 3 N–H and O–H groups in total. The highest BCUT2D eigenvalue weighted by atomic mass is 32.1. The number of nitrogens with one attached hydrogen (secondary N) is 3. The van der Waals surface area contributed by atoms with E-state index in [1.165, 1.54) is 11.3 Å². The number of alkyl carbamates (subject to hydrolysis) is 1. The van der Waals surface area contributed by atoms with Gasteiger partial charge in [0.15, 0.2) is 0 Å². The summed E-state index contributed by atoms with van der Waals surface area (Å²) < 4.78 is 5.48. The van der Waals surface area contributed by atoms with Gasteiger partial charge in [-0.05, 0) is 43.2 Å². The third-order valence-electron chi connectivity index (χ3n) is 7.84. The van der Waals surface area contributed by atoms with Crippen molar-refractivity contribution in [3.8, 4) is 0 Å². The van der Waals surface area contributed by atoms with E-state index >= 15 is 0 Å². The predicted molar refractivity (Wildman–Crippen MR) is 191 cm³/mol. The minimum absolute atomic E-state index is 0.156. The van der Waals surface area contributed by atoms with Gasteiger partial charge in [-0.1, -0.05) is 81.4 Å². The molecular formula is C36H46N6O4S2. The average Bonchev–Trinajstić information content (AvgIpc) is 3.79. The second-order valence-corrected chi connectivity index (χ2v) is 14.0. The number of aromatic nitrogens is 2. The topological polar surface area (TPSA) is 126 Å². The summed E-state index contributed by atoms with van der Waals surface area (Å²) in [6.07, 6.45) is 4.03. The van der Waals surface area contributed by atoms with E-state index < -0.39 is 12.1 Å². The van der Waals surface area contributed by atoms with E-state index in [2.05, 4.69) is 39.8 Å². The molecule has 2 aromatic heterocycles. The summed E-state index contributed by atoms with van der Waals surface area (Å²) in [7, 11) is 1.70. The van der Waals surface area contributed by atoms with Gasteiger partial charge in [-0.15, -0.1) is 22.7 Å². The van der Waals surface area contributed by atoms with Crippen LogP contribution in [0.2, 0.25) is 0 Å². The van der Waals surface area contributed by atoms with Crippen molar-refractivity contribution in [2.24, 2.45) is 0 Å². The molecule has 2 heterocycles. The van der Waals surface area contributed by atoms with Crippen LogP contribution in [0.1, 0.15) is 72.7 Å². The summed E-state index contributed by atoms with van der Waals surface area (Å²) >= 11 is 3.02. The van der Waals surface area contributed by atoms with Crippen molar-refractivity contribution in [3.05, 3.63) is 104 Å². The number of nitrogens with zero attached hydrogens (tertiary/aromatic N) is 3. The first kappa shape index (κ1) is 36.5. The maximum atomic E-state index is 13.6. The monoisotopic (exact) mass is 690 g/mol. The molecule has 0 aliphatic carbocycles. The molecule has 48 heavy (non-hydrogen) atoms. The van der Waals surface area contributed by atoms with Crippen molar-refractivity contribution < 1.29 is 19.1 Å². The van der Waals surface area contributed by atoms with Crippen LogP contribution in [0.3, 0.4) is 0 Å². The second kappa shape index (κ2) is 18.9. The number of benzene rings is 2. The summed E-state index contributed by atoms with van der Waals surface area (Å²) in [5, 5.41) is 12.2. The summed E-state index contributed by atoms with van der Waals surface area (Å²) in [4.78, 5) is 50.6. The van der Waals surface area contributed by atoms with Gasteiger partial charge in [0.2, 0.25) is 5.91 Å². The third-order valence-corrected chi connectivity index (χ3v) is 9.79. The molecule has 0 aliphatic rings. The van der Waals surface area contributed by atoms with Gasteiger partial charge >= 0.3 is 12.1 Å². The number of thiazole rings is 2. The third kappa shape index (κ3) is 12.1. The standard InChI is InChI=1S/C36H46N6O4S2/c1-5-32(41-35(44)42(4)21-30-23-47-34(39-30)25(2)3)33(43)38-28(18-26-12-8-6-9-13-26)16-17-29(19-27-14-10-7-11-15-27)40-36(45)46-22-31-20-37-24-48-31/h6-15,20,23-25,28-29,32H,5,16-19,21-22H2,1-4H3,(H,38,43)(H,40,45)(H,41,44)/t28-,29-,32+/m1/s1. The molecule has 0 saturated heterocycles. The molecule has 0 bridgehead atoms. The first-order valence-electron chi connectivity index (χ1n) is 16.3. The zero-order valence-corrected chi connectivity index (χ0v) is 29.7. The quantitative estimate of drug-likeness (QED) is 0.113. The van der Waals surface area contributed by atoms with Gasteiger partial charge in [0.1, 0.15) is 12.6 Å². The number of amides is 4. The number of carbonyl (C=O) groups excluding carboxylic acids is 3. The number of rotatable bonds is 17.